The van der Waals surface area contributed by atoms with Crippen LogP contribution in [0.25, 0.3) is 0 Å². The summed E-state index contributed by atoms with van der Waals surface area (Å²) in [5.41, 5.74) is 0.937. The lowest BCUT2D eigenvalue weighted by Gasteiger charge is -2.11. The molecule has 1 rings (SSSR count). The van der Waals surface area contributed by atoms with Gasteiger partial charge in [-0.05, 0) is 24.6 Å². The van der Waals surface area contributed by atoms with Gasteiger partial charge in [0.2, 0.25) is 0 Å². The van der Waals surface area contributed by atoms with E-state index < -0.39 is 15.9 Å². The minimum Gasteiger partial charge on any atom is -0.271 e. The number of sulfonamides is 1. The third-order valence-corrected chi connectivity index (χ3v) is 3.20. The van der Waals surface area contributed by atoms with Gasteiger partial charge in [0.15, 0.2) is 0 Å². The second-order valence-corrected chi connectivity index (χ2v) is 5.80. The Kier molecular flexibility index (Phi) is 4.84. The first kappa shape index (κ1) is 15.1. The molecular formula is C10H10Cl2N2O3S. The fraction of sp³-hybridized carbons (Fsp3) is 0.300. The van der Waals surface area contributed by atoms with Crippen molar-refractivity contribution in [1.29, 1.82) is 0 Å². The normalized spacial score (nSPS) is 20.9. The molecule has 0 unspecified atom stereocenters. The Morgan fingerprint density at radius 3 is 2.39 bits per heavy atom. The number of amides is 1. The number of halogens is 2. The Labute approximate surface area is 115 Å². The zero-order chi connectivity index (χ0) is 13.9. The first-order valence-corrected chi connectivity index (χ1v) is 7.53. The average molecular weight is 309 g/mol. The smallest absolute Gasteiger partial charge is 0.261 e. The highest BCUT2D eigenvalue weighted by molar-refractivity contribution is 7.89. The number of hydrogen-bond acceptors (Lipinski definition) is 3. The van der Waals surface area contributed by atoms with Crippen LogP contribution >= 0.6 is 23.2 Å². The number of carbonyl (C=O) groups excluding carboxylic acids is 1. The fourth-order valence-corrected chi connectivity index (χ4v) is 2.02. The van der Waals surface area contributed by atoms with E-state index in [4.69, 9.17) is 23.2 Å². The van der Waals surface area contributed by atoms with E-state index in [0.29, 0.717) is 11.3 Å². The molecule has 1 amide bonds. The SMILES string of the molecule is CC1=C(Cl)/C(=N\S(C)(=O)=O)C=CC1=NC(=O)CCl. The van der Waals surface area contributed by atoms with Crippen LogP contribution in [0.15, 0.2) is 32.1 Å². The molecule has 0 saturated carbocycles. The molecule has 0 saturated heterocycles. The van der Waals surface area contributed by atoms with Crippen molar-refractivity contribution < 1.29 is 13.2 Å². The van der Waals surface area contributed by atoms with E-state index in [2.05, 4.69) is 9.39 Å². The molecule has 0 bridgehead atoms. The zero-order valence-corrected chi connectivity index (χ0v) is 12.0. The van der Waals surface area contributed by atoms with Gasteiger partial charge in [0.1, 0.15) is 5.88 Å². The maximum Gasteiger partial charge on any atom is 0.261 e. The Morgan fingerprint density at radius 2 is 1.89 bits per heavy atom. The predicted molar refractivity (Wildman–Crippen MR) is 73.1 cm³/mol. The molecule has 0 atom stereocenters. The molecular weight excluding hydrogens is 299 g/mol. The summed E-state index contributed by atoms with van der Waals surface area (Å²) in [6, 6.07) is 0. The highest BCUT2D eigenvalue weighted by atomic mass is 35.5. The van der Waals surface area contributed by atoms with Crippen molar-refractivity contribution in [3.05, 3.63) is 22.8 Å². The molecule has 0 aromatic carbocycles. The van der Waals surface area contributed by atoms with Gasteiger partial charge in [-0.15, -0.1) is 11.6 Å². The van der Waals surface area contributed by atoms with Crippen LogP contribution in [-0.4, -0.2) is 37.9 Å². The van der Waals surface area contributed by atoms with Crippen molar-refractivity contribution in [3.8, 4) is 0 Å². The van der Waals surface area contributed by atoms with E-state index in [1.807, 2.05) is 0 Å². The van der Waals surface area contributed by atoms with Gasteiger partial charge >= 0.3 is 0 Å². The molecule has 0 radical (unpaired) electrons. The van der Waals surface area contributed by atoms with Crippen molar-refractivity contribution >= 4 is 50.6 Å². The number of alkyl halides is 1. The lowest BCUT2D eigenvalue weighted by Crippen LogP contribution is -2.13. The van der Waals surface area contributed by atoms with Gasteiger partial charge in [0, 0.05) is 0 Å². The summed E-state index contributed by atoms with van der Waals surface area (Å²) in [6.07, 6.45) is 3.82. The Hall–Kier alpha value is -0.980. The van der Waals surface area contributed by atoms with Crippen LogP contribution in [0.4, 0.5) is 0 Å². The van der Waals surface area contributed by atoms with Crippen LogP contribution < -0.4 is 0 Å². The predicted octanol–water partition coefficient (Wildman–Crippen LogP) is 1.68. The van der Waals surface area contributed by atoms with Crippen LogP contribution in [0, 0.1) is 0 Å². The number of nitrogens with zero attached hydrogens (tertiary/aromatic N) is 2. The summed E-state index contributed by atoms with van der Waals surface area (Å²) in [6.45, 7) is 1.62. The monoisotopic (exact) mass is 308 g/mol. The number of rotatable bonds is 2. The van der Waals surface area contributed by atoms with Gasteiger partial charge in [0.25, 0.3) is 15.9 Å². The molecule has 18 heavy (non-hydrogen) atoms. The lowest BCUT2D eigenvalue weighted by molar-refractivity contribution is -0.115. The summed E-state index contributed by atoms with van der Waals surface area (Å²) in [5, 5.41) is 0.143. The topological polar surface area (TPSA) is 75.9 Å². The number of carbonyl (C=O) groups is 1. The van der Waals surface area contributed by atoms with Crippen molar-refractivity contribution in [2.24, 2.45) is 9.39 Å². The second-order valence-electron chi connectivity index (χ2n) is 3.51. The molecule has 98 valence electrons. The first-order chi connectivity index (χ1) is 8.24. The molecule has 8 heteroatoms. The molecule has 0 spiro atoms. The molecule has 0 aromatic heterocycles. The molecule has 0 aliphatic heterocycles. The summed E-state index contributed by atoms with van der Waals surface area (Å²) >= 11 is 11.3. The van der Waals surface area contributed by atoms with E-state index in [1.54, 1.807) is 6.92 Å². The van der Waals surface area contributed by atoms with E-state index in [9.17, 15) is 13.2 Å². The molecule has 1 aliphatic carbocycles. The highest BCUT2D eigenvalue weighted by Crippen LogP contribution is 2.20. The Bertz CT molecular complexity index is 601. The summed E-state index contributed by atoms with van der Waals surface area (Å²) in [7, 11) is -3.54. The lowest BCUT2D eigenvalue weighted by atomic mass is 10.0. The van der Waals surface area contributed by atoms with Gasteiger partial charge in [0.05, 0.1) is 22.7 Å². The van der Waals surface area contributed by atoms with Crippen molar-refractivity contribution in [2.75, 3.05) is 12.1 Å². The largest absolute Gasteiger partial charge is 0.271 e. The van der Waals surface area contributed by atoms with Crippen LogP contribution in [0.1, 0.15) is 6.92 Å². The molecule has 0 heterocycles. The second kappa shape index (κ2) is 5.77. The molecule has 1 aliphatic rings. The summed E-state index contributed by atoms with van der Waals surface area (Å²) in [5.74, 6) is -0.726. The van der Waals surface area contributed by atoms with Crippen molar-refractivity contribution in [1.82, 2.24) is 0 Å². The van der Waals surface area contributed by atoms with Crippen LogP contribution in [-0.2, 0) is 14.8 Å². The fourth-order valence-electron chi connectivity index (χ4n) is 1.20. The number of hydrogen-bond donors (Lipinski definition) is 0. The van der Waals surface area contributed by atoms with Gasteiger partial charge in [-0.1, -0.05) is 11.6 Å². The van der Waals surface area contributed by atoms with Crippen LogP contribution in [0.2, 0.25) is 0 Å². The molecule has 0 aromatic rings. The van der Waals surface area contributed by atoms with E-state index in [-0.39, 0.29) is 16.6 Å². The van der Waals surface area contributed by atoms with Gasteiger partial charge in [-0.25, -0.2) is 13.4 Å². The van der Waals surface area contributed by atoms with Crippen LogP contribution in [0.5, 0.6) is 0 Å². The van der Waals surface area contributed by atoms with Gasteiger partial charge in [-0.3, -0.25) is 4.79 Å². The minimum atomic E-state index is -3.54. The van der Waals surface area contributed by atoms with Gasteiger partial charge in [-0.2, -0.15) is 4.40 Å². The Morgan fingerprint density at radius 1 is 1.33 bits per heavy atom. The first-order valence-electron chi connectivity index (χ1n) is 4.77. The van der Waals surface area contributed by atoms with E-state index in [0.717, 1.165) is 6.26 Å². The number of allylic oxidation sites excluding steroid dienone is 4. The maximum atomic E-state index is 11.1. The van der Waals surface area contributed by atoms with Gasteiger partial charge < -0.3 is 0 Å². The molecule has 5 nitrogen and oxygen atoms in total. The third-order valence-electron chi connectivity index (χ3n) is 1.96. The average Bonchev–Trinajstić information content (AvgIpc) is 2.27. The molecule has 0 fully saturated rings. The highest BCUT2D eigenvalue weighted by Gasteiger charge is 2.17. The third kappa shape index (κ3) is 4.04. The summed E-state index contributed by atoms with van der Waals surface area (Å²) in [4.78, 5) is 14.8. The zero-order valence-electron chi connectivity index (χ0n) is 9.65. The quantitative estimate of drug-likeness (QED) is 0.575. The summed E-state index contributed by atoms with van der Waals surface area (Å²) < 4.78 is 25.6. The van der Waals surface area contributed by atoms with Crippen molar-refractivity contribution in [2.45, 2.75) is 6.92 Å². The Balaban J connectivity index is 3.22. The van der Waals surface area contributed by atoms with Crippen LogP contribution in [0.3, 0.4) is 0 Å². The number of aliphatic imine (C=N–C) groups is 1. The van der Waals surface area contributed by atoms with E-state index >= 15 is 0 Å². The molecule has 0 N–H and O–H groups in total. The van der Waals surface area contributed by atoms with Crippen molar-refractivity contribution in [3.63, 3.8) is 0 Å². The van der Waals surface area contributed by atoms with E-state index in [1.165, 1.54) is 12.2 Å². The minimum absolute atomic E-state index is 0.119. The maximum absolute atomic E-state index is 11.1. The standard InChI is InChI=1S/C10H10Cl2N2O3S/c1-6-7(13-9(15)5-11)3-4-8(10(6)12)14-18(2,16)17/h3-4H,5H2,1-2H3/b13-7?,14-8-.